The van der Waals surface area contributed by atoms with Crippen LogP contribution in [0.15, 0.2) is 31.0 Å². The normalized spacial score (nSPS) is 19.9. The van der Waals surface area contributed by atoms with E-state index in [-0.39, 0.29) is 23.6 Å². The van der Waals surface area contributed by atoms with Crippen molar-refractivity contribution in [3.05, 3.63) is 41.0 Å². The van der Waals surface area contributed by atoms with Gasteiger partial charge in [-0.05, 0) is 31.9 Å². The van der Waals surface area contributed by atoms with E-state index in [4.69, 9.17) is 52.1 Å². The number of carbonyl (C=O) groups is 1. The van der Waals surface area contributed by atoms with E-state index in [0.717, 1.165) is 18.2 Å². The minimum absolute atomic E-state index is 0.217. The fraction of sp³-hybridized carbons (Fsp3) is 0.448. The van der Waals surface area contributed by atoms with E-state index in [0.29, 0.717) is 76.4 Å². The zero-order chi connectivity index (χ0) is 30.0. The van der Waals surface area contributed by atoms with Crippen LogP contribution in [-0.4, -0.2) is 86.2 Å². The van der Waals surface area contributed by atoms with Gasteiger partial charge in [0.25, 0.3) is 0 Å². The molecule has 11 nitrogen and oxygen atoms in total. The first kappa shape index (κ1) is 30.1. The van der Waals surface area contributed by atoms with Crippen molar-refractivity contribution in [2.75, 3.05) is 57.8 Å². The molecule has 0 bridgehead atoms. The first-order chi connectivity index (χ1) is 20.2. The fourth-order valence-electron chi connectivity index (χ4n) is 5.19. The van der Waals surface area contributed by atoms with Gasteiger partial charge in [0.15, 0.2) is 5.82 Å². The van der Waals surface area contributed by atoms with Crippen LogP contribution in [0.25, 0.3) is 22.2 Å². The van der Waals surface area contributed by atoms with Gasteiger partial charge in [0, 0.05) is 43.4 Å². The molecular formula is C29H34Cl2N6O5. The summed E-state index contributed by atoms with van der Waals surface area (Å²) in [5, 5.41) is 7.59. The zero-order valence-corrected chi connectivity index (χ0v) is 25.5. The number of anilines is 2. The summed E-state index contributed by atoms with van der Waals surface area (Å²) in [5.74, 6) is 1.62. The molecule has 2 aliphatic rings. The number of piperidine rings is 1. The highest BCUT2D eigenvalue weighted by Gasteiger charge is 2.33. The third kappa shape index (κ3) is 5.92. The van der Waals surface area contributed by atoms with Crippen LogP contribution in [0.1, 0.15) is 19.8 Å². The molecule has 13 heteroatoms. The highest BCUT2D eigenvalue weighted by molar-refractivity contribution is 6.41. The molecule has 224 valence electrons. The lowest BCUT2D eigenvalue weighted by Gasteiger charge is -2.39. The van der Waals surface area contributed by atoms with Crippen LogP contribution in [-0.2, 0) is 14.3 Å². The van der Waals surface area contributed by atoms with E-state index in [9.17, 15) is 4.79 Å². The lowest BCUT2D eigenvalue weighted by molar-refractivity contribution is -0.117. The maximum atomic E-state index is 11.9. The monoisotopic (exact) mass is 616 g/mol. The lowest BCUT2D eigenvalue weighted by Crippen LogP contribution is -2.45. The van der Waals surface area contributed by atoms with Crippen molar-refractivity contribution in [2.24, 2.45) is 0 Å². The van der Waals surface area contributed by atoms with E-state index >= 15 is 0 Å². The summed E-state index contributed by atoms with van der Waals surface area (Å²) >= 11 is 13.6. The van der Waals surface area contributed by atoms with Gasteiger partial charge in [-0.25, -0.2) is 15.0 Å². The van der Waals surface area contributed by atoms with Crippen LogP contribution in [0.2, 0.25) is 10.0 Å². The first-order valence-electron chi connectivity index (χ1n) is 13.6. The second-order valence-corrected chi connectivity index (χ2v) is 11.3. The molecule has 2 saturated heterocycles. The number of halogens is 2. The van der Waals surface area contributed by atoms with E-state index in [1.54, 1.807) is 19.4 Å². The van der Waals surface area contributed by atoms with Crippen molar-refractivity contribution < 1.29 is 23.7 Å². The minimum atomic E-state index is -0.268. The Morgan fingerprint density at radius 1 is 1.10 bits per heavy atom. The Morgan fingerprint density at radius 3 is 2.38 bits per heavy atom. The van der Waals surface area contributed by atoms with Gasteiger partial charge in [-0.2, -0.15) is 0 Å². The molecule has 42 heavy (non-hydrogen) atoms. The Morgan fingerprint density at radius 2 is 1.76 bits per heavy atom. The molecule has 0 spiro atoms. The molecule has 0 unspecified atom stereocenters. The fourth-order valence-corrected chi connectivity index (χ4v) is 5.89. The van der Waals surface area contributed by atoms with Gasteiger partial charge in [-0.15, -0.1) is 0 Å². The van der Waals surface area contributed by atoms with E-state index in [1.807, 2.05) is 6.07 Å². The second-order valence-electron chi connectivity index (χ2n) is 10.5. The van der Waals surface area contributed by atoms with Gasteiger partial charge in [0.05, 0.1) is 60.9 Å². The number of carbonyl (C=O) groups excluding carboxylic acids is 1. The molecule has 4 heterocycles. The molecule has 5 rings (SSSR count). The van der Waals surface area contributed by atoms with Crippen LogP contribution >= 0.6 is 23.2 Å². The first-order valence-corrected chi connectivity index (χ1v) is 14.3. The predicted octanol–water partition coefficient (Wildman–Crippen LogP) is 4.50. The van der Waals surface area contributed by atoms with Gasteiger partial charge < -0.3 is 34.5 Å². The summed E-state index contributed by atoms with van der Waals surface area (Å²) < 4.78 is 22.4. The highest BCUT2D eigenvalue weighted by Crippen LogP contribution is 2.46. The van der Waals surface area contributed by atoms with Crippen LogP contribution in [0.4, 0.5) is 11.8 Å². The van der Waals surface area contributed by atoms with Gasteiger partial charge in [0.2, 0.25) is 11.9 Å². The van der Waals surface area contributed by atoms with Crippen molar-refractivity contribution in [2.45, 2.75) is 37.5 Å². The van der Waals surface area contributed by atoms with Crippen LogP contribution < -0.4 is 25.0 Å². The Labute approximate surface area is 254 Å². The summed E-state index contributed by atoms with van der Waals surface area (Å²) in [7, 11) is 4.80. The second kappa shape index (κ2) is 12.5. The van der Waals surface area contributed by atoms with E-state index in [1.165, 1.54) is 20.3 Å². The third-order valence-corrected chi connectivity index (χ3v) is 8.65. The number of amides is 1. The molecular weight excluding hydrogens is 583 g/mol. The van der Waals surface area contributed by atoms with Gasteiger partial charge in [-0.1, -0.05) is 29.8 Å². The SMILES string of the molecule is C=CC(=O)N[C@H]1COC[C@H]1Nc1ncc2cc(-c3c(Cl)c(OC)cc(OC)c3Cl)nc(N3CCC(C)(OC)CC3)c2n1. The van der Waals surface area contributed by atoms with Gasteiger partial charge in [-0.3, -0.25) is 4.79 Å². The third-order valence-electron chi connectivity index (χ3n) is 7.90. The molecule has 2 atom stereocenters. The van der Waals surface area contributed by atoms with Crippen LogP contribution in [0.5, 0.6) is 11.5 Å². The summed E-state index contributed by atoms with van der Waals surface area (Å²) in [6.45, 7) is 7.82. The standard InChI is InChI=1S/C29H34Cl2N6O5/c1-6-22(38)33-18-14-42-15-19(18)35-28-32-13-16-11-17(23-24(30)20(39-3)12-21(40-4)25(23)31)34-27(26(16)36-28)37-9-7-29(2,41-5)8-10-37/h6,11-13,18-19H,1,7-10,14-15H2,2-5H3,(H,33,38)(H,32,35,36)/t18-,19+/m0/s1. The average Bonchev–Trinajstić information content (AvgIpc) is 3.43. The number of methoxy groups -OCH3 is 3. The van der Waals surface area contributed by atoms with Gasteiger partial charge >= 0.3 is 0 Å². The smallest absolute Gasteiger partial charge is 0.243 e. The number of benzene rings is 1. The molecule has 2 N–H and O–H groups in total. The number of fused-ring (bicyclic) bond motifs is 1. The summed E-state index contributed by atoms with van der Waals surface area (Å²) in [5.41, 5.74) is 1.46. The Balaban J connectivity index is 1.59. The number of pyridine rings is 1. The van der Waals surface area contributed by atoms with Crippen LogP contribution in [0.3, 0.4) is 0 Å². The topological polar surface area (TPSA) is 120 Å². The zero-order valence-electron chi connectivity index (χ0n) is 24.0. The van der Waals surface area contributed by atoms with Crippen molar-refractivity contribution >= 4 is 51.8 Å². The minimum Gasteiger partial charge on any atom is -0.495 e. The van der Waals surface area contributed by atoms with Crippen LogP contribution in [0, 0.1) is 0 Å². The number of nitrogens with zero attached hydrogens (tertiary/aromatic N) is 4. The largest absolute Gasteiger partial charge is 0.495 e. The number of hydrogen-bond donors (Lipinski definition) is 2. The maximum Gasteiger partial charge on any atom is 0.243 e. The quantitative estimate of drug-likeness (QED) is 0.332. The van der Waals surface area contributed by atoms with Crippen molar-refractivity contribution in [1.82, 2.24) is 20.3 Å². The number of aromatic nitrogens is 3. The molecule has 0 radical (unpaired) electrons. The lowest BCUT2D eigenvalue weighted by atomic mass is 9.93. The Hall–Kier alpha value is -3.38. The molecule has 2 aliphatic heterocycles. The Bertz CT molecular complexity index is 1470. The summed E-state index contributed by atoms with van der Waals surface area (Å²) in [4.78, 5) is 28.6. The highest BCUT2D eigenvalue weighted by atomic mass is 35.5. The number of ether oxygens (including phenoxy) is 4. The summed E-state index contributed by atoms with van der Waals surface area (Å²) in [6, 6.07) is 3.02. The Kier molecular flexibility index (Phi) is 8.93. The summed E-state index contributed by atoms with van der Waals surface area (Å²) in [6.07, 6.45) is 4.59. The van der Waals surface area contributed by atoms with Crippen molar-refractivity contribution in [1.29, 1.82) is 0 Å². The van der Waals surface area contributed by atoms with Crippen molar-refractivity contribution in [3.63, 3.8) is 0 Å². The maximum absolute atomic E-state index is 11.9. The number of rotatable bonds is 9. The molecule has 3 aromatic rings. The number of nitrogens with one attached hydrogen (secondary N) is 2. The average molecular weight is 618 g/mol. The molecule has 1 aromatic carbocycles. The van der Waals surface area contributed by atoms with Crippen molar-refractivity contribution in [3.8, 4) is 22.8 Å². The molecule has 1 amide bonds. The molecule has 2 aromatic heterocycles. The molecule has 0 aliphatic carbocycles. The predicted molar refractivity (Wildman–Crippen MR) is 163 cm³/mol. The van der Waals surface area contributed by atoms with E-state index < -0.39 is 0 Å². The molecule has 2 fully saturated rings. The van der Waals surface area contributed by atoms with E-state index in [2.05, 4.69) is 34.0 Å². The molecule has 0 saturated carbocycles. The van der Waals surface area contributed by atoms with Gasteiger partial charge in [0.1, 0.15) is 17.0 Å². The number of hydrogen-bond acceptors (Lipinski definition) is 10.